The van der Waals surface area contributed by atoms with Crippen LogP contribution in [-0.2, 0) is 16.4 Å². The Hall–Kier alpha value is -2.18. The molecule has 1 atom stereocenters. The summed E-state index contributed by atoms with van der Waals surface area (Å²) in [6.45, 7) is 2.94. The van der Waals surface area contributed by atoms with Gasteiger partial charge in [0, 0.05) is 24.7 Å². The molecule has 5 nitrogen and oxygen atoms in total. The molecule has 1 unspecified atom stereocenters. The van der Waals surface area contributed by atoms with Crippen molar-refractivity contribution in [2.45, 2.75) is 68.8 Å². The number of hydrogen-bond acceptors (Lipinski definition) is 3. The van der Waals surface area contributed by atoms with Crippen molar-refractivity contribution in [1.29, 1.82) is 0 Å². The van der Waals surface area contributed by atoms with Gasteiger partial charge in [-0.25, -0.2) is 8.42 Å². The number of rotatable bonds is 5. The standard InChI is InChI=1S/C25H30N2O3S/c1-18-9-10-20(17-24(18)31(29,30)26-15-5-2-6-16-26)25(28)27(21-12-13-21)23-14-11-19-7-3-4-8-22(19)23/h3-4,7-10,17,21,23H,2,5-6,11-16H2,1H3. The van der Waals surface area contributed by atoms with Gasteiger partial charge < -0.3 is 4.90 Å². The molecule has 2 fully saturated rings. The number of sulfonamides is 1. The second-order valence-electron chi connectivity index (χ2n) is 9.14. The predicted octanol–water partition coefficient (Wildman–Crippen LogP) is 4.46. The highest BCUT2D eigenvalue weighted by atomic mass is 32.2. The topological polar surface area (TPSA) is 57.7 Å². The average Bonchev–Trinajstić information content (AvgIpc) is 3.54. The zero-order valence-electron chi connectivity index (χ0n) is 18.1. The van der Waals surface area contributed by atoms with Gasteiger partial charge in [0.05, 0.1) is 10.9 Å². The maximum absolute atomic E-state index is 13.7. The van der Waals surface area contributed by atoms with Crippen LogP contribution in [0.5, 0.6) is 0 Å². The summed E-state index contributed by atoms with van der Waals surface area (Å²) in [6, 6.07) is 13.9. The van der Waals surface area contributed by atoms with Crippen molar-refractivity contribution < 1.29 is 13.2 Å². The van der Waals surface area contributed by atoms with Gasteiger partial charge in [0.25, 0.3) is 5.91 Å². The number of benzene rings is 2. The van der Waals surface area contributed by atoms with Gasteiger partial charge in [-0.15, -0.1) is 0 Å². The molecule has 0 bridgehead atoms. The van der Waals surface area contributed by atoms with Gasteiger partial charge in [-0.3, -0.25) is 4.79 Å². The maximum Gasteiger partial charge on any atom is 0.254 e. The number of nitrogens with zero attached hydrogens (tertiary/aromatic N) is 2. The second-order valence-corrected chi connectivity index (χ2v) is 11.0. The summed E-state index contributed by atoms with van der Waals surface area (Å²) in [7, 11) is -3.58. The number of aryl methyl sites for hydroxylation is 2. The van der Waals surface area contributed by atoms with E-state index in [0.29, 0.717) is 24.2 Å². The van der Waals surface area contributed by atoms with E-state index in [1.54, 1.807) is 22.5 Å². The van der Waals surface area contributed by atoms with Gasteiger partial charge in [-0.1, -0.05) is 36.8 Å². The summed E-state index contributed by atoms with van der Waals surface area (Å²) in [6.07, 6.45) is 6.83. The Balaban J connectivity index is 1.48. The highest BCUT2D eigenvalue weighted by molar-refractivity contribution is 7.89. The number of amides is 1. The molecule has 0 N–H and O–H groups in total. The van der Waals surface area contributed by atoms with E-state index in [0.717, 1.165) is 44.9 Å². The molecule has 2 aliphatic carbocycles. The summed E-state index contributed by atoms with van der Waals surface area (Å²) in [5, 5.41) is 0. The van der Waals surface area contributed by atoms with Gasteiger partial charge in [-0.05, 0) is 74.3 Å². The quantitative estimate of drug-likeness (QED) is 0.692. The van der Waals surface area contributed by atoms with Crippen LogP contribution in [0.3, 0.4) is 0 Å². The van der Waals surface area contributed by atoms with E-state index in [1.807, 2.05) is 17.9 Å². The molecule has 1 amide bonds. The predicted molar refractivity (Wildman–Crippen MR) is 120 cm³/mol. The average molecular weight is 439 g/mol. The van der Waals surface area contributed by atoms with Crippen molar-refractivity contribution >= 4 is 15.9 Å². The summed E-state index contributed by atoms with van der Waals surface area (Å²) in [5.41, 5.74) is 3.75. The van der Waals surface area contributed by atoms with E-state index in [9.17, 15) is 13.2 Å². The minimum absolute atomic E-state index is 0.0423. The van der Waals surface area contributed by atoms with Crippen molar-refractivity contribution in [3.8, 4) is 0 Å². The fourth-order valence-electron chi connectivity index (χ4n) is 5.14. The molecule has 0 aromatic heterocycles. The van der Waals surface area contributed by atoms with Crippen LogP contribution < -0.4 is 0 Å². The summed E-state index contributed by atoms with van der Waals surface area (Å²) < 4.78 is 28.2. The molecule has 5 rings (SSSR count). The van der Waals surface area contributed by atoms with E-state index >= 15 is 0 Å². The molecule has 6 heteroatoms. The molecule has 2 aromatic rings. The number of fused-ring (bicyclic) bond motifs is 1. The molecule has 3 aliphatic rings. The number of hydrogen-bond donors (Lipinski definition) is 0. The van der Waals surface area contributed by atoms with Gasteiger partial charge in [0.2, 0.25) is 10.0 Å². The lowest BCUT2D eigenvalue weighted by atomic mass is 10.0. The van der Waals surface area contributed by atoms with Crippen molar-refractivity contribution in [2.75, 3.05) is 13.1 Å². The highest BCUT2D eigenvalue weighted by Crippen LogP contribution is 2.42. The summed E-state index contributed by atoms with van der Waals surface area (Å²) in [5.74, 6) is -0.0423. The fraction of sp³-hybridized carbons (Fsp3) is 0.480. The number of piperidine rings is 1. The summed E-state index contributed by atoms with van der Waals surface area (Å²) in [4.78, 5) is 16.0. The fourth-order valence-corrected chi connectivity index (χ4v) is 6.91. The normalized spacial score (nSPS) is 21.6. The Morgan fingerprint density at radius 1 is 1.00 bits per heavy atom. The Kier molecular flexibility index (Phi) is 5.39. The minimum atomic E-state index is -3.58. The van der Waals surface area contributed by atoms with E-state index in [-0.39, 0.29) is 22.9 Å². The van der Waals surface area contributed by atoms with Crippen molar-refractivity contribution in [3.05, 3.63) is 64.7 Å². The van der Waals surface area contributed by atoms with E-state index < -0.39 is 10.0 Å². The largest absolute Gasteiger partial charge is 0.329 e. The van der Waals surface area contributed by atoms with Gasteiger partial charge in [0.1, 0.15) is 0 Å². The lowest BCUT2D eigenvalue weighted by Crippen LogP contribution is -2.37. The zero-order chi connectivity index (χ0) is 21.6. The third-order valence-corrected chi connectivity index (χ3v) is 9.02. The first-order valence-corrected chi connectivity index (χ1v) is 12.9. The third-order valence-electron chi connectivity index (χ3n) is 6.98. The third kappa shape index (κ3) is 3.80. The molecule has 1 heterocycles. The first-order chi connectivity index (χ1) is 15.0. The molecular weight excluding hydrogens is 408 g/mol. The molecule has 31 heavy (non-hydrogen) atoms. The van der Waals surface area contributed by atoms with E-state index in [1.165, 1.54) is 11.1 Å². The Morgan fingerprint density at radius 3 is 2.48 bits per heavy atom. The monoisotopic (exact) mass is 438 g/mol. The Morgan fingerprint density at radius 2 is 1.74 bits per heavy atom. The molecule has 1 aliphatic heterocycles. The summed E-state index contributed by atoms with van der Waals surface area (Å²) >= 11 is 0. The van der Waals surface area contributed by atoms with E-state index in [2.05, 4.69) is 18.2 Å². The zero-order valence-corrected chi connectivity index (χ0v) is 18.9. The SMILES string of the molecule is Cc1ccc(C(=O)N(C2CC2)C2CCc3ccccc32)cc1S(=O)(=O)N1CCCCC1. The number of carbonyl (C=O) groups is 1. The van der Waals surface area contributed by atoms with E-state index in [4.69, 9.17) is 0 Å². The van der Waals surface area contributed by atoms with Gasteiger partial charge >= 0.3 is 0 Å². The molecular formula is C25H30N2O3S. The van der Waals surface area contributed by atoms with Crippen LogP contribution in [0.2, 0.25) is 0 Å². The molecule has 2 aromatic carbocycles. The lowest BCUT2D eigenvalue weighted by Gasteiger charge is -2.31. The maximum atomic E-state index is 13.7. The first-order valence-electron chi connectivity index (χ1n) is 11.5. The molecule has 0 spiro atoms. The van der Waals surface area contributed by atoms with Crippen molar-refractivity contribution in [2.24, 2.45) is 0 Å². The van der Waals surface area contributed by atoms with Crippen LogP contribution in [0.1, 0.15) is 71.6 Å². The van der Waals surface area contributed by atoms with Crippen molar-refractivity contribution in [3.63, 3.8) is 0 Å². The van der Waals surface area contributed by atoms with Gasteiger partial charge in [-0.2, -0.15) is 4.31 Å². The molecule has 164 valence electrons. The molecule has 0 radical (unpaired) electrons. The van der Waals surface area contributed by atoms with Crippen molar-refractivity contribution in [1.82, 2.24) is 9.21 Å². The molecule has 1 saturated carbocycles. The van der Waals surface area contributed by atoms with Crippen LogP contribution in [0.25, 0.3) is 0 Å². The van der Waals surface area contributed by atoms with Gasteiger partial charge in [0.15, 0.2) is 0 Å². The minimum Gasteiger partial charge on any atom is -0.329 e. The van der Waals surface area contributed by atoms with Crippen LogP contribution in [0, 0.1) is 6.92 Å². The van der Waals surface area contributed by atoms with Crippen LogP contribution in [0.15, 0.2) is 47.4 Å². The Bertz CT molecular complexity index is 1100. The highest BCUT2D eigenvalue weighted by Gasteiger charge is 2.41. The smallest absolute Gasteiger partial charge is 0.254 e. The number of carbonyl (C=O) groups excluding carboxylic acids is 1. The lowest BCUT2D eigenvalue weighted by molar-refractivity contribution is 0.0658. The molecule has 1 saturated heterocycles. The van der Waals surface area contributed by atoms with Crippen LogP contribution in [0.4, 0.5) is 0 Å². The Labute approximate surface area is 185 Å². The second kappa shape index (κ2) is 8.06. The van der Waals surface area contributed by atoms with Crippen LogP contribution in [-0.4, -0.2) is 42.7 Å². The van der Waals surface area contributed by atoms with Crippen LogP contribution >= 0.6 is 0 Å². The first kappa shape index (κ1) is 20.7.